The van der Waals surface area contributed by atoms with Gasteiger partial charge in [-0.2, -0.15) is 0 Å². The highest BCUT2D eigenvalue weighted by atomic mass is 19.1. The molecule has 1 aromatic carbocycles. The van der Waals surface area contributed by atoms with E-state index in [-0.39, 0.29) is 11.4 Å². The number of H-pyrrole nitrogens is 2. The standard InChI is InChI=1S/C13H14FN3O/c1-13(9-5-3-4-6-10(9)14)11-8(7-17(13)2)12(18)16-15-11/h3-6H,7H2,1-2H3,(H2,15,16,18). The Bertz CT molecular complexity index is 660. The van der Waals surface area contributed by atoms with Crippen molar-refractivity contribution in [3.63, 3.8) is 0 Å². The number of aromatic nitrogens is 2. The van der Waals surface area contributed by atoms with Gasteiger partial charge in [0, 0.05) is 12.1 Å². The van der Waals surface area contributed by atoms with Gasteiger partial charge in [-0.15, -0.1) is 0 Å². The molecule has 0 radical (unpaired) electrons. The van der Waals surface area contributed by atoms with Crippen LogP contribution < -0.4 is 5.56 Å². The fraction of sp³-hybridized carbons (Fsp3) is 0.308. The predicted octanol–water partition coefficient (Wildman–Crippen LogP) is 1.55. The molecule has 0 saturated carbocycles. The molecule has 18 heavy (non-hydrogen) atoms. The van der Waals surface area contributed by atoms with Crippen molar-refractivity contribution in [1.82, 2.24) is 15.1 Å². The Morgan fingerprint density at radius 3 is 2.78 bits per heavy atom. The Morgan fingerprint density at radius 1 is 1.33 bits per heavy atom. The van der Waals surface area contributed by atoms with Gasteiger partial charge in [0.1, 0.15) is 5.82 Å². The second kappa shape index (κ2) is 3.55. The predicted molar refractivity (Wildman–Crippen MR) is 65.7 cm³/mol. The number of nitrogens with one attached hydrogen (secondary N) is 2. The summed E-state index contributed by atoms with van der Waals surface area (Å²) >= 11 is 0. The monoisotopic (exact) mass is 247 g/mol. The van der Waals surface area contributed by atoms with E-state index in [4.69, 9.17) is 0 Å². The van der Waals surface area contributed by atoms with Crippen LogP contribution in [0.25, 0.3) is 0 Å². The van der Waals surface area contributed by atoms with Gasteiger partial charge in [0.15, 0.2) is 0 Å². The van der Waals surface area contributed by atoms with Gasteiger partial charge in [0.25, 0.3) is 5.56 Å². The van der Waals surface area contributed by atoms with Crippen LogP contribution in [0.2, 0.25) is 0 Å². The molecular formula is C13H14FN3O. The maximum absolute atomic E-state index is 14.0. The molecule has 0 spiro atoms. The summed E-state index contributed by atoms with van der Waals surface area (Å²) in [6.45, 7) is 2.43. The second-order valence-corrected chi connectivity index (χ2v) is 4.84. The molecule has 1 aromatic heterocycles. The van der Waals surface area contributed by atoms with Gasteiger partial charge in [-0.05, 0) is 20.0 Å². The lowest BCUT2D eigenvalue weighted by molar-refractivity contribution is 0.190. The van der Waals surface area contributed by atoms with Crippen molar-refractivity contribution in [2.24, 2.45) is 0 Å². The van der Waals surface area contributed by atoms with Crippen LogP contribution >= 0.6 is 0 Å². The summed E-state index contributed by atoms with van der Waals surface area (Å²) in [4.78, 5) is 13.6. The smallest absolute Gasteiger partial charge is 0.268 e. The van der Waals surface area contributed by atoms with E-state index in [9.17, 15) is 9.18 Å². The lowest BCUT2D eigenvalue weighted by Gasteiger charge is -2.33. The average molecular weight is 247 g/mol. The van der Waals surface area contributed by atoms with Crippen LogP contribution in [-0.4, -0.2) is 22.1 Å². The number of benzene rings is 1. The molecule has 0 bridgehead atoms. The molecular weight excluding hydrogens is 233 g/mol. The summed E-state index contributed by atoms with van der Waals surface area (Å²) in [5.41, 5.74) is 1.24. The van der Waals surface area contributed by atoms with Crippen LogP contribution in [0.3, 0.4) is 0 Å². The maximum Gasteiger partial charge on any atom is 0.268 e. The van der Waals surface area contributed by atoms with Crippen molar-refractivity contribution in [3.05, 3.63) is 57.3 Å². The van der Waals surface area contributed by atoms with E-state index in [1.54, 1.807) is 18.2 Å². The zero-order valence-electron chi connectivity index (χ0n) is 10.2. The van der Waals surface area contributed by atoms with Crippen molar-refractivity contribution in [2.75, 3.05) is 7.05 Å². The highest BCUT2D eigenvalue weighted by Crippen LogP contribution is 2.41. The van der Waals surface area contributed by atoms with E-state index in [1.165, 1.54) is 6.07 Å². The maximum atomic E-state index is 14.0. The van der Waals surface area contributed by atoms with Crippen molar-refractivity contribution >= 4 is 0 Å². The van der Waals surface area contributed by atoms with Crippen molar-refractivity contribution in [1.29, 1.82) is 0 Å². The highest BCUT2D eigenvalue weighted by molar-refractivity contribution is 5.41. The fourth-order valence-corrected chi connectivity index (χ4v) is 2.73. The molecule has 2 aromatic rings. The van der Waals surface area contributed by atoms with E-state index < -0.39 is 5.54 Å². The number of fused-ring (bicyclic) bond motifs is 1. The molecule has 0 aliphatic carbocycles. The first-order valence-electron chi connectivity index (χ1n) is 5.81. The van der Waals surface area contributed by atoms with Gasteiger partial charge in [-0.25, -0.2) is 4.39 Å². The van der Waals surface area contributed by atoms with Crippen LogP contribution in [0.15, 0.2) is 29.1 Å². The summed E-state index contributed by atoms with van der Waals surface area (Å²) in [6, 6.07) is 6.67. The molecule has 2 N–H and O–H groups in total. The van der Waals surface area contributed by atoms with Gasteiger partial charge in [-0.1, -0.05) is 18.2 Å². The van der Waals surface area contributed by atoms with Gasteiger partial charge >= 0.3 is 0 Å². The third-order valence-electron chi connectivity index (χ3n) is 3.92. The third-order valence-corrected chi connectivity index (χ3v) is 3.92. The number of rotatable bonds is 1. The second-order valence-electron chi connectivity index (χ2n) is 4.84. The summed E-state index contributed by atoms with van der Waals surface area (Å²) in [6.07, 6.45) is 0. The molecule has 1 atom stereocenters. The third kappa shape index (κ3) is 1.25. The first-order valence-corrected chi connectivity index (χ1v) is 5.81. The van der Waals surface area contributed by atoms with Crippen LogP contribution in [0.4, 0.5) is 4.39 Å². The van der Waals surface area contributed by atoms with Crippen LogP contribution in [0.1, 0.15) is 23.7 Å². The summed E-state index contributed by atoms with van der Waals surface area (Å²) in [7, 11) is 1.89. The zero-order chi connectivity index (χ0) is 12.9. The largest absolute Gasteiger partial charge is 0.300 e. The molecule has 0 fully saturated rings. The van der Waals surface area contributed by atoms with Crippen LogP contribution in [-0.2, 0) is 12.1 Å². The summed E-state index contributed by atoms with van der Waals surface area (Å²) in [5.74, 6) is -0.262. The molecule has 1 unspecified atom stereocenters. The first-order chi connectivity index (χ1) is 8.55. The van der Waals surface area contributed by atoms with Gasteiger partial charge < -0.3 is 0 Å². The van der Waals surface area contributed by atoms with Crippen molar-refractivity contribution in [3.8, 4) is 0 Å². The molecule has 1 aliphatic heterocycles. The number of hydrogen-bond donors (Lipinski definition) is 2. The topological polar surface area (TPSA) is 51.9 Å². The van der Waals surface area contributed by atoms with Crippen LogP contribution in [0.5, 0.6) is 0 Å². The molecule has 5 heteroatoms. The summed E-state index contributed by atoms with van der Waals surface area (Å²) in [5, 5.41) is 5.46. The Balaban J connectivity index is 2.27. The van der Waals surface area contributed by atoms with Crippen molar-refractivity contribution in [2.45, 2.75) is 19.0 Å². The van der Waals surface area contributed by atoms with Gasteiger partial charge in [-0.3, -0.25) is 19.9 Å². The van der Waals surface area contributed by atoms with E-state index >= 15 is 0 Å². The Hall–Kier alpha value is -1.88. The number of aromatic amines is 2. The lowest BCUT2D eigenvalue weighted by Crippen LogP contribution is -2.38. The minimum absolute atomic E-state index is 0.128. The molecule has 94 valence electrons. The SMILES string of the molecule is CN1Cc2c([nH][nH]c2=O)C1(C)c1ccccc1F. The van der Waals surface area contributed by atoms with Crippen LogP contribution in [0, 0.1) is 5.82 Å². The summed E-state index contributed by atoms with van der Waals surface area (Å²) < 4.78 is 14.0. The molecule has 4 nitrogen and oxygen atoms in total. The fourth-order valence-electron chi connectivity index (χ4n) is 2.73. The van der Waals surface area contributed by atoms with Gasteiger partial charge in [0.05, 0.1) is 16.8 Å². The lowest BCUT2D eigenvalue weighted by atomic mass is 9.88. The average Bonchev–Trinajstić information content (AvgIpc) is 2.82. The molecule has 0 amide bonds. The number of hydrogen-bond acceptors (Lipinski definition) is 2. The molecule has 1 aliphatic rings. The van der Waals surface area contributed by atoms with E-state index in [1.807, 2.05) is 18.9 Å². The van der Waals surface area contributed by atoms with E-state index in [0.717, 1.165) is 5.69 Å². The molecule has 2 heterocycles. The normalized spacial score (nSPS) is 23.3. The van der Waals surface area contributed by atoms with E-state index in [0.29, 0.717) is 17.7 Å². The van der Waals surface area contributed by atoms with Crippen molar-refractivity contribution < 1.29 is 4.39 Å². The Morgan fingerprint density at radius 2 is 2.06 bits per heavy atom. The molecule has 3 rings (SSSR count). The quantitative estimate of drug-likeness (QED) is 0.803. The first kappa shape index (κ1) is 11.2. The Labute approximate surface area is 103 Å². The minimum atomic E-state index is -0.639. The highest BCUT2D eigenvalue weighted by Gasteiger charge is 2.44. The number of nitrogens with zero attached hydrogens (tertiary/aromatic N) is 1. The minimum Gasteiger partial charge on any atom is -0.300 e. The van der Waals surface area contributed by atoms with E-state index in [2.05, 4.69) is 10.2 Å². The molecule has 0 saturated heterocycles. The van der Waals surface area contributed by atoms with Gasteiger partial charge in [0.2, 0.25) is 0 Å². The Kier molecular flexibility index (Phi) is 2.22. The number of halogens is 1. The zero-order valence-corrected chi connectivity index (χ0v) is 10.2.